The minimum absolute atomic E-state index is 0.0214. The number of benzene rings is 2. The molecule has 1 saturated heterocycles. The minimum Gasteiger partial charge on any atom is -0.497 e. The summed E-state index contributed by atoms with van der Waals surface area (Å²) in [5, 5.41) is 3.52. The smallest absolute Gasteiger partial charge is 0.344 e. The molecular formula is C22H26N4O4. The van der Waals surface area contributed by atoms with Crippen LogP contribution in [0.15, 0.2) is 54.6 Å². The van der Waals surface area contributed by atoms with Crippen LogP contribution >= 0.6 is 0 Å². The Kier molecular flexibility index (Phi) is 6.37. The highest BCUT2D eigenvalue weighted by molar-refractivity contribution is 6.08. The fourth-order valence-electron chi connectivity index (χ4n) is 3.54. The Balaban J connectivity index is 1.63. The number of ether oxygens (including phenoxy) is 1. The van der Waals surface area contributed by atoms with Gasteiger partial charge in [0.05, 0.1) is 13.7 Å². The molecule has 3 rings (SSSR count). The van der Waals surface area contributed by atoms with Crippen molar-refractivity contribution in [3.63, 3.8) is 0 Å². The maximum absolute atomic E-state index is 13.0. The maximum atomic E-state index is 13.0. The predicted molar refractivity (Wildman–Crippen MR) is 111 cm³/mol. The number of carbonyl (C=O) groups excluding carboxylic acids is 3. The van der Waals surface area contributed by atoms with Crippen molar-refractivity contribution in [2.45, 2.75) is 25.4 Å². The van der Waals surface area contributed by atoms with Gasteiger partial charge in [0, 0.05) is 6.54 Å². The summed E-state index contributed by atoms with van der Waals surface area (Å²) in [5.74, 6) is -0.183. The first kappa shape index (κ1) is 21.3. The Morgan fingerprint density at radius 3 is 2.40 bits per heavy atom. The molecule has 1 aliphatic heterocycles. The number of hydrogen-bond donors (Lipinski definition) is 2. The van der Waals surface area contributed by atoms with Crippen molar-refractivity contribution in [2.75, 3.05) is 20.7 Å². The second kappa shape index (κ2) is 8.96. The van der Waals surface area contributed by atoms with Gasteiger partial charge in [-0.15, -0.1) is 0 Å². The Morgan fingerprint density at radius 2 is 1.80 bits per heavy atom. The van der Waals surface area contributed by atoms with E-state index in [9.17, 15) is 14.4 Å². The summed E-state index contributed by atoms with van der Waals surface area (Å²) in [6, 6.07) is 15.9. The van der Waals surface area contributed by atoms with Crippen LogP contribution in [0.4, 0.5) is 4.79 Å². The molecule has 0 spiro atoms. The van der Waals surface area contributed by atoms with Gasteiger partial charge >= 0.3 is 6.03 Å². The Bertz CT molecular complexity index is 916. The molecule has 0 radical (unpaired) electrons. The summed E-state index contributed by atoms with van der Waals surface area (Å²) in [5.41, 5.74) is 2.95. The quantitative estimate of drug-likeness (QED) is 0.650. The standard InChI is InChI=1S/C22H26N4O4/c1-4-22(17-8-6-5-7-9-17)20(28)26(21(29)23-22)24-19(27)15-25(2)14-16-10-12-18(30-3)13-11-16/h5-13H,4,14-15H2,1-3H3,(H,23,29)(H,24,27)/t22-/m1/s1. The second-order valence-corrected chi connectivity index (χ2v) is 7.25. The second-order valence-electron chi connectivity index (χ2n) is 7.25. The molecule has 158 valence electrons. The van der Waals surface area contributed by atoms with Crippen molar-refractivity contribution < 1.29 is 19.1 Å². The molecule has 1 atom stereocenters. The lowest BCUT2D eigenvalue weighted by molar-refractivity contribution is -0.139. The van der Waals surface area contributed by atoms with E-state index in [-0.39, 0.29) is 6.54 Å². The fourth-order valence-corrected chi connectivity index (χ4v) is 3.54. The molecule has 8 heteroatoms. The number of nitrogens with zero attached hydrogens (tertiary/aromatic N) is 2. The molecule has 1 fully saturated rings. The number of urea groups is 1. The first-order valence-corrected chi connectivity index (χ1v) is 9.73. The van der Waals surface area contributed by atoms with Crippen LogP contribution in [-0.2, 0) is 21.7 Å². The Morgan fingerprint density at radius 1 is 1.13 bits per heavy atom. The molecule has 0 aliphatic carbocycles. The van der Waals surface area contributed by atoms with Crippen LogP contribution in [0.5, 0.6) is 5.75 Å². The van der Waals surface area contributed by atoms with Gasteiger partial charge in [-0.2, -0.15) is 5.01 Å². The summed E-state index contributed by atoms with van der Waals surface area (Å²) in [4.78, 5) is 39.8. The zero-order valence-electron chi connectivity index (χ0n) is 17.3. The van der Waals surface area contributed by atoms with Crippen molar-refractivity contribution in [1.82, 2.24) is 20.7 Å². The molecule has 0 unspecified atom stereocenters. The first-order valence-electron chi connectivity index (χ1n) is 9.73. The Hall–Kier alpha value is -3.39. The summed E-state index contributed by atoms with van der Waals surface area (Å²) in [6.07, 6.45) is 0.366. The van der Waals surface area contributed by atoms with Gasteiger partial charge < -0.3 is 10.1 Å². The predicted octanol–water partition coefficient (Wildman–Crippen LogP) is 2.02. The summed E-state index contributed by atoms with van der Waals surface area (Å²) in [6.45, 7) is 2.37. The third kappa shape index (κ3) is 4.28. The SMILES string of the molecule is CC[C@]1(c2ccccc2)NC(=O)N(NC(=O)CN(C)Cc2ccc(OC)cc2)C1=O. The lowest BCUT2D eigenvalue weighted by Gasteiger charge is -2.25. The zero-order valence-corrected chi connectivity index (χ0v) is 17.3. The maximum Gasteiger partial charge on any atom is 0.344 e. The minimum atomic E-state index is -1.18. The number of hydrazine groups is 1. The topological polar surface area (TPSA) is 91.0 Å². The molecule has 4 amide bonds. The molecule has 8 nitrogen and oxygen atoms in total. The van der Waals surface area contributed by atoms with Gasteiger partial charge in [-0.05, 0) is 36.7 Å². The van der Waals surface area contributed by atoms with Crippen LogP contribution in [0.2, 0.25) is 0 Å². The number of imide groups is 1. The lowest BCUT2D eigenvalue weighted by Crippen LogP contribution is -2.50. The highest BCUT2D eigenvalue weighted by Crippen LogP contribution is 2.31. The zero-order chi connectivity index (χ0) is 21.7. The number of amides is 4. The van der Waals surface area contributed by atoms with Gasteiger partial charge in [0.1, 0.15) is 11.3 Å². The molecule has 2 aromatic rings. The average molecular weight is 410 g/mol. The number of likely N-dealkylation sites (N-methyl/N-ethyl adjacent to an activating group) is 1. The van der Waals surface area contributed by atoms with Crippen LogP contribution in [0.3, 0.4) is 0 Å². The lowest BCUT2D eigenvalue weighted by atomic mass is 9.87. The highest BCUT2D eigenvalue weighted by Gasteiger charge is 2.52. The largest absolute Gasteiger partial charge is 0.497 e. The number of carbonyl (C=O) groups is 3. The molecule has 1 heterocycles. The van der Waals surface area contributed by atoms with Crippen molar-refractivity contribution in [3.8, 4) is 5.75 Å². The van der Waals surface area contributed by atoms with E-state index in [0.29, 0.717) is 18.5 Å². The van der Waals surface area contributed by atoms with E-state index < -0.39 is 23.4 Å². The van der Waals surface area contributed by atoms with E-state index in [1.165, 1.54) is 0 Å². The van der Waals surface area contributed by atoms with E-state index >= 15 is 0 Å². The van der Waals surface area contributed by atoms with E-state index in [2.05, 4.69) is 10.7 Å². The van der Waals surface area contributed by atoms with Gasteiger partial charge in [-0.3, -0.25) is 19.9 Å². The van der Waals surface area contributed by atoms with Gasteiger partial charge in [-0.25, -0.2) is 4.79 Å². The molecule has 1 aliphatic rings. The summed E-state index contributed by atoms with van der Waals surface area (Å²) >= 11 is 0. The third-order valence-electron chi connectivity index (χ3n) is 5.15. The van der Waals surface area contributed by atoms with Crippen molar-refractivity contribution in [1.29, 1.82) is 0 Å². The number of methoxy groups -OCH3 is 1. The molecule has 0 bridgehead atoms. The van der Waals surface area contributed by atoms with E-state index in [1.54, 1.807) is 31.2 Å². The van der Waals surface area contributed by atoms with Crippen LogP contribution < -0.4 is 15.5 Å². The third-order valence-corrected chi connectivity index (χ3v) is 5.15. The Labute approximate surface area is 175 Å². The molecule has 30 heavy (non-hydrogen) atoms. The van der Waals surface area contributed by atoms with E-state index in [0.717, 1.165) is 16.3 Å². The van der Waals surface area contributed by atoms with Crippen molar-refractivity contribution >= 4 is 17.8 Å². The van der Waals surface area contributed by atoms with Crippen LogP contribution in [0.25, 0.3) is 0 Å². The van der Waals surface area contributed by atoms with Crippen LogP contribution in [0.1, 0.15) is 24.5 Å². The monoisotopic (exact) mass is 410 g/mol. The van der Waals surface area contributed by atoms with Gasteiger partial charge in [-0.1, -0.05) is 49.4 Å². The number of nitrogens with one attached hydrogen (secondary N) is 2. The highest BCUT2D eigenvalue weighted by atomic mass is 16.5. The fraction of sp³-hybridized carbons (Fsp3) is 0.318. The average Bonchev–Trinajstić information content (AvgIpc) is 3.00. The summed E-state index contributed by atoms with van der Waals surface area (Å²) in [7, 11) is 3.39. The molecule has 0 saturated carbocycles. The molecule has 0 aromatic heterocycles. The van der Waals surface area contributed by atoms with Crippen molar-refractivity contribution in [2.24, 2.45) is 0 Å². The van der Waals surface area contributed by atoms with E-state index in [4.69, 9.17) is 4.74 Å². The number of hydrogen-bond acceptors (Lipinski definition) is 5. The molecule has 2 aromatic carbocycles. The summed E-state index contributed by atoms with van der Waals surface area (Å²) < 4.78 is 5.14. The van der Waals surface area contributed by atoms with Gasteiger partial charge in [0.2, 0.25) is 0 Å². The normalized spacial score (nSPS) is 18.5. The van der Waals surface area contributed by atoms with Crippen LogP contribution in [-0.4, -0.2) is 48.5 Å². The molecule has 2 N–H and O–H groups in total. The molecular weight excluding hydrogens is 384 g/mol. The van der Waals surface area contributed by atoms with Crippen molar-refractivity contribution in [3.05, 3.63) is 65.7 Å². The van der Waals surface area contributed by atoms with Crippen LogP contribution in [0, 0.1) is 0 Å². The number of rotatable bonds is 8. The van der Waals surface area contributed by atoms with E-state index in [1.807, 2.05) is 49.4 Å². The van der Waals surface area contributed by atoms with Gasteiger partial charge in [0.25, 0.3) is 11.8 Å². The first-order chi connectivity index (χ1) is 14.4. The van der Waals surface area contributed by atoms with Gasteiger partial charge in [0.15, 0.2) is 0 Å².